The van der Waals surface area contributed by atoms with Crippen molar-refractivity contribution in [2.75, 3.05) is 7.11 Å². The van der Waals surface area contributed by atoms with Crippen LogP contribution in [0.5, 0.6) is 5.88 Å². The van der Waals surface area contributed by atoms with Gasteiger partial charge in [-0.25, -0.2) is 4.98 Å². The van der Waals surface area contributed by atoms with Crippen LogP contribution in [-0.2, 0) is 0 Å². The number of hydrogen-bond donors (Lipinski definition) is 0. The Hall–Kier alpha value is -2.00. The molecule has 0 radical (unpaired) electrons. The summed E-state index contributed by atoms with van der Waals surface area (Å²) in [7, 11) is 1.54. The normalized spacial score (nSPS) is 8.00. The lowest BCUT2D eigenvalue weighted by Crippen LogP contribution is -1.90. The maximum absolute atomic E-state index is 8.27. The molecule has 0 aliphatic carbocycles. The van der Waals surface area contributed by atoms with Gasteiger partial charge in [0.25, 0.3) is 0 Å². The third-order valence-electron chi connectivity index (χ3n) is 1.36. The Bertz CT molecular complexity index is 382. The van der Waals surface area contributed by atoms with Gasteiger partial charge in [-0.15, -0.1) is 0 Å². The molecule has 0 fully saturated rings. The lowest BCUT2D eigenvalue weighted by Gasteiger charge is -1.98. The third kappa shape index (κ3) is 2.50. The number of methoxy groups -OCH3 is 1. The van der Waals surface area contributed by atoms with Crippen LogP contribution in [-0.4, -0.2) is 12.1 Å². The zero-order chi connectivity index (χ0) is 9.52. The highest BCUT2D eigenvalue weighted by molar-refractivity contribution is 5.41. The molecule has 0 spiro atoms. The number of hydrogen-bond acceptors (Lipinski definition) is 3. The average Bonchev–Trinajstić information content (AvgIpc) is 2.19. The smallest absolute Gasteiger partial charge is 0.229 e. The minimum atomic E-state index is 0.220. The molecule has 1 aromatic rings. The van der Waals surface area contributed by atoms with Gasteiger partial charge in [-0.3, -0.25) is 0 Å². The first-order chi connectivity index (χ1) is 6.38. The lowest BCUT2D eigenvalue weighted by atomic mass is 10.2. The van der Waals surface area contributed by atoms with Crippen molar-refractivity contribution in [3.63, 3.8) is 0 Å². The van der Waals surface area contributed by atoms with E-state index in [-0.39, 0.29) is 6.42 Å². The minimum absolute atomic E-state index is 0.220. The van der Waals surface area contributed by atoms with Crippen LogP contribution in [0.15, 0.2) is 18.3 Å². The quantitative estimate of drug-likeness (QED) is 0.601. The topological polar surface area (TPSA) is 45.9 Å². The molecule has 13 heavy (non-hydrogen) atoms. The van der Waals surface area contributed by atoms with Gasteiger partial charge < -0.3 is 4.74 Å². The van der Waals surface area contributed by atoms with E-state index in [0.717, 1.165) is 0 Å². The summed E-state index contributed by atoms with van der Waals surface area (Å²) in [4.78, 5) is 3.97. The Labute approximate surface area is 77.0 Å². The van der Waals surface area contributed by atoms with E-state index in [9.17, 15) is 0 Å². The van der Waals surface area contributed by atoms with Crippen molar-refractivity contribution >= 4 is 0 Å². The molecule has 0 atom stereocenters. The molecule has 3 heteroatoms. The summed E-state index contributed by atoms with van der Waals surface area (Å²) in [5.74, 6) is 5.99. The van der Waals surface area contributed by atoms with Gasteiger partial charge >= 0.3 is 0 Å². The van der Waals surface area contributed by atoms with Crippen molar-refractivity contribution in [2.24, 2.45) is 0 Å². The summed E-state index contributed by atoms with van der Waals surface area (Å²) in [5, 5.41) is 8.27. The molecule has 0 aromatic carbocycles. The fourth-order valence-electron chi connectivity index (χ4n) is 0.828. The van der Waals surface area contributed by atoms with Crippen molar-refractivity contribution in [3.05, 3.63) is 23.9 Å². The van der Waals surface area contributed by atoms with Crippen LogP contribution in [0.3, 0.4) is 0 Å². The summed E-state index contributed by atoms with van der Waals surface area (Å²) >= 11 is 0. The van der Waals surface area contributed by atoms with Gasteiger partial charge in [0.1, 0.15) is 0 Å². The van der Waals surface area contributed by atoms with Gasteiger partial charge in [-0.1, -0.05) is 11.8 Å². The predicted octanol–water partition coefficient (Wildman–Crippen LogP) is 1.36. The Morgan fingerprint density at radius 3 is 3.15 bits per heavy atom. The van der Waals surface area contributed by atoms with Gasteiger partial charge in [0, 0.05) is 6.20 Å². The van der Waals surface area contributed by atoms with E-state index < -0.39 is 0 Å². The number of nitrogens with zero attached hydrogens (tertiary/aromatic N) is 2. The van der Waals surface area contributed by atoms with Crippen molar-refractivity contribution in [2.45, 2.75) is 6.42 Å². The van der Waals surface area contributed by atoms with Gasteiger partial charge in [0.2, 0.25) is 5.88 Å². The van der Waals surface area contributed by atoms with E-state index in [2.05, 4.69) is 16.8 Å². The number of nitriles is 1. The van der Waals surface area contributed by atoms with Crippen LogP contribution in [0.1, 0.15) is 12.0 Å². The molecule has 0 saturated heterocycles. The fourth-order valence-corrected chi connectivity index (χ4v) is 0.828. The highest BCUT2D eigenvalue weighted by Gasteiger charge is 1.97. The van der Waals surface area contributed by atoms with Crippen LogP contribution in [0.2, 0.25) is 0 Å². The molecular formula is C10H8N2O. The van der Waals surface area contributed by atoms with Crippen molar-refractivity contribution in [1.82, 2.24) is 4.98 Å². The van der Waals surface area contributed by atoms with E-state index in [4.69, 9.17) is 10.00 Å². The Morgan fingerprint density at radius 2 is 2.46 bits per heavy atom. The highest BCUT2D eigenvalue weighted by Crippen LogP contribution is 2.11. The first-order valence-electron chi connectivity index (χ1n) is 3.73. The van der Waals surface area contributed by atoms with Crippen LogP contribution >= 0.6 is 0 Å². The van der Waals surface area contributed by atoms with Crippen LogP contribution in [0.25, 0.3) is 0 Å². The van der Waals surface area contributed by atoms with E-state index in [0.29, 0.717) is 11.4 Å². The van der Waals surface area contributed by atoms with Crippen molar-refractivity contribution in [1.29, 1.82) is 5.26 Å². The Balaban J connectivity index is 2.90. The Morgan fingerprint density at radius 1 is 1.62 bits per heavy atom. The number of rotatable bonds is 1. The molecule has 0 N–H and O–H groups in total. The molecule has 0 amide bonds. The first kappa shape index (κ1) is 9.09. The molecule has 1 heterocycles. The molecule has 0 saturated carbocycles. The maximum Gasteiger partial charge on any atom is 0.229 e. The van der Waals surface area contributed by atoms with E-state index >= 15 is 0 Å². The summed E-state index contributed by atoms with van der Waals surface area (Å²) in [6.45, 7) is 0. The highest BCUT2D eigenvalue weighted by atomic mass is 16.5. The summed E-state index contributed by atoms with van der Waals surface area (Å²) < 4.78 is 4.98. The summed E-state index contributed by atoms with van der Waals surface area (Å²) in [6.07, 6.45) is 1.85. The number of ether oxygens (including phenoxy) is 1. The first-order valence-corrected chi connectivity index (χ1v) is 3.73. The number of aromatic nitrogens is 1. The van der Waals surface area contributed by atoms with E-state index in [1.54, 1.807) is 18.3 Å². The largest absolute Gasteiger partial charge is 0.480 e. The van der Waals surface area contributed by atoms with Crippen LogP contribution < -0.4 is 4.74 Å². The minimum Gasteiger partial charge on any atom is -0.480 e. The molecule has 3 nitrogen and oxygen atoms in total. The van der Waals surface area contributed by atoms with Gasteiger partial charge in [-0.05, 0) is 12.1 Å². The van der Waals surface area contributed by atoms with Gasteiger partial charge in [-0.2, -0.15) is 5.26 Å². The van der Waals surface area contributed by atoms with Crippen molar-refractivity contribution < 1.29 is 4.74 Å². The lowest BCUT2D eigenvalue weighted by molar-refractivity contribution is 0.396. The molecule has 64 valence electrons. The maximum atomic E-state index is 8.27. The zero-order valence-electron chi connectivity index (χ0n) is 7.24. The van der Waals surface area contributed by atoms with Crippen molar-refractivity contribution in [3.8, 4) is 23.8 Å². The van der Waals surface area contributed by atoms with E-state index in [1.807, 2.05) is 6.07 Å². The van der Waals surface area contributed by atoms with Gasteiger partial charge in [0.15, 0.2) is 0 Å². The second-order valence-corrected chi connectivity index (χ2v) is 2.20. The van der Waals surface area contributed by atoms with Crippen LogP contribution in [0.4, 0.5) is 0 Å². The molecular weight excluding hydrogens is 164 g/mol. The monoisotopic (exact) mass is 172 g/mol. The van der Waals surface area contributed by atoms with E-state index in [1.165, 1.54) is 7.11 Å². The average molecular weight is 172 g/mol. The summed E-state index contributed by atoms with van der Waals surface area (Å²) in [6, 6.07) is 5.52. The molecule has 1 aromatic heterocycles. The standard InChI is InChI=1S/C10H8N2O/c1-13-10-9(5-2-3-7-11)6-4-8-12-10/h4,6,8H,3H2,1H3. The Kier molecular flexibility index (Phi) is 3.35. The van der Waals surface area contributed by atoms with Gasteiger partial charge in [0.05, 0.1) is 25.2 Å². The number of pyridine rings is 1. The fraction of sp³-hybridized carbons (Fsp3) is 0.200. The molecule has 0 aliphatic rings. The third-order valence-corrected chi connectivity index (χ3v) is 1.36. The predicted molar refractivity (Wildman–Crippen MR) is 47.9 cm³/mol. The zero-order valence-corrected chi connectivity index (χ0v) is 7.24. The van der Waals surface area contributed by atoms with Crippen LogP contribution in [0, 0.1) is 23.2 Å². The molecule has 0 unspecified atom stereocenters. The second-order valence-electron chi connectivity index (χ2n) is 2.20. The second kappa shape index (κ2) is 4.79. The molecule has 0 bridgehead atoms. The summed E-state index contributed by atoms with van der Waals surface area (Å²) in [5.41, 5.74) is 0.709. The molecule has 1 rings (SSSR count). The SMILES string of the molecule is COc1ncccc1C#CCC#N. The molecule has 0 aliphatic heterocycles.